The first kappa shape index (κ1) is 8.41. The van der Waals surface area contributed by atoms with E-state index in [0.717, 1.165) is 0 Å². The minimum Gasteiger partial charge on any atom is -0.333 e. The van der Waals surface area contributed by atoms with E-state index in [4.69, 9.17) is 14.8 Å². The highest BCUT2D eigenvalue weighted by Gasteiger charge is 2.34. The molecule has 0 saturated carbocycles. The third kappa shape index (κ3) is 1.67. The number of hydrogen-bond donors (Lipinski definition) is 1. The van der Waals surface area contributed by atoms with Crippen molar-refractivity contribution in [2.75, 3.05) is 13.3 Å². The topological polar surface area (TPSA) is 44.5 Å². The zero-order valence-corrected chi connectivity index (χ0v) is 7.52. The van der Waals surface area contributed by atoms with Crippen molar-refractivity contribution in [1.82, 2.24) is 0 Å². The van der Waals surface area contributed by atoms with Gasteiger partial charge in [0.1, 0.15) is 6.23 Å². The molecule has 0 amide bonds. The fourth-order valence-electron chi connectivity index (χ4n) is 0.672. The van der Waals surface area contributed by atoms with Crippen molar-refractivity contribution in [3.8, 4) is 0 Å². The Bertz CT molecular complexity index is 129. The number of rotatable bonds is 0. The van der Waals surface area contributed by atoms with Crippen LogP contribution in [0, 0.1) is 5.41 Å². The molecule has 2 unspecified atom stereocenters. The highest BCUT2D eigenvalue weighted by atomic mass is 31.2. The van der Waals surface area contributed by atoms with Crippen LogP contribution in [0.5, 0.6) is 0 Å². The largest absolute Gasteiger partial charge is 0.333 e. The first-order chi connectivity index (χ1) is 4.52. The van der Waals surface area contributed by atoms with E-state index in [0.29, 0.717) is 6.61 Å². The Kier molecular flexibility index (Phi) is 2.31. The Morgan fingerprint density at radius 1 is 1.60 bits per heavy atom. The molecule has 0 aromatic carbocycles. The lowest BCUT2D eigenvalue weighted by molar-refractivity contribution is -0.00369. The van der Waals surface area contributed by atoms with Crippen LogP contribution >= 0.6 is 8.38 Å². The molecule has 1 fully saturated rings. The van der Waals surface area contributed by atoms with Crippen LogP contribution in [0.2, 0.25) is 0 Å². The molecule has 0 aromatic heterocycles. The van der Waals surface area contributed by atoms with Crippen molar-refractivity contribution in [3.63, 3.8) is 0 Å². The molecule has 0 radical (unpaired) electrons. The molecule has 1 heterocycles. The van der Waals surface area contributed by atoms with Gasteiger partial charge in [0.25, 0.3) is 0 Å². The van der Waals surface area contributed by atoms with Gasteiger partial charge in [-0.25, -0.2) is 0 Å². The van der Waals surface area contributed by atoms with Crippen LogP contribution in [-0.2, 0) is 9.05 Å². The fourth-order valence-corrected chi connectivity index (χ4v) is 1.85. The molecule has 1 rings (SSSR count). The summed E-state index contributed by atoms with van der Waals surface area (Å²) in [4.78, 5) is 0. The molecule has 1 aliphatic rings. The molecule has 0 spiro atoms. The highest BCUT2D eigenvalue weighted by molar-refractivity contribution is 7.46. The molecule has 2 N–H and O–H groups in total. The van der Waals surface area contributed by atoms with Crippen molar-refractivity contribution >= 4 is 8.38 Å². The van der Waals surface area contributed by atoms with Gasteiger partial charge in [0.05, 0.1) is 6.61 Å². The summed E-state index contributed by atoms with van der Waals surface area (Å²) in [5, 5.41) is 0. The van der Waals surface area contributed by atoms with Crippen molar-refractivity contribution in [2.24, 2.45) is 11.1 Å². The van der Waals surface area contributed by atoms with Crippen molar-refractivity contribution in [3.05, 3.63) is 0 Å². The minimum atomic E-state index is -0.714. The van der Waals surface area contributed by atoms with E-state index in [-0.39, 0.29) is 11.6 Å². The van der Waals surface area contributed by atoms with E-state index in [2.05, 4.69) is 0 Å². The van der Waals surface area contributed by atoms with Crippen LogP contribution in [0.15, 0.2) is 0 Å². The van der Waals surface area contributed by atoms with Crippen molar-refractivity contribution < 1.29 is 9.05 Å². The fraction of sp³-hybridized carbons (Fsp3) is 1.00. The lowest BCUT2D eigenvalue weighted by atomic mass is 9.93. The van der Waals surface area contributed by atoms with Crippen LogP contribution in [-0.4, -0.2) is 19.5 Å². The van der Waals surface area contributed by atoms with Crippen molar-refractivity contribution in [1.29, 1.82) is 0 Å². The minimum absolute atomic E-state index is 0.0329. The molecule has 2 atom stereocenters. The predicted molar refractivity (Wildman–Crippen MR) is 41.6 cm³/mol. The molecule has 0 aliphatic carbocycles. The summed E-state index contributed by atoms with van der Waals surface area (Å²) in [5.74, 6) is 0. The lowest BCUT2D eigenvalue weighted by Crippen LogP contribution is -2.44. The van der Waals surface area contributed by atoms with Crippen LogP contribution in [0.4, 0.5) is 0 Å². The van der Waals surface area contributed by atoms with Gasteiger partial charge in [0, 0.05) is 12.1 Å². The summed E-state index contributed by atoms with van der Waals surface area (Å²) < 4.78 is 10.6. The average Bonchev–Trinajstić information content (AvgIpc) is 1.81. The van der Waals surface area contributed by atoms with Gasteiger partial charge >= 0.3 is 0 Å². The summed E-state index contributed by atoms with van der Waals surface area (Å²) >= 11 is 0. The Morgan fingerprint density at radius 2 is 2.20 bits per heavy atom. The van der Waals surface area contributed by atoms with E-state index in [9.17, 15) is 0 Å². The Labute approximate surface area is 62.8 Å². The van der Waals surface area contributed by atoms with Crippen LogP contribution < -0.4 is 5.73 Å². The van der Waals surface area contributed by atoms with Gasteiger partial charge in [-0.05, 0) is 0 Å². The second-order valence-corrected chi connectivity index (χ2v) is 4.58. The standard InChI is InChI=1S/C6H14NO2P/c1-6(2)4-8-10(3)9-5(6)7/h5H,4,7H2,1-3H3. The zero-order chi connectivity index (χ0) is 7.78. The van der Waals surface area contributed by atoms with Gasteiger partial charge in [-0.15, -0.1) is 0 Å². The monoisotopic (exact) mass is 163 g/mol. The zero-order valence-electron chi connectivity index (χ0n) is 6.63. The molecule has 10 heavy (non-hydrogen) atoms. The molecule has 3 nitrogen and oxygen atoms in total. The maximum absolute atomic E-state index is 5.72. The first-order valence-electron chi connectivity index (χ1n) is 3.31. The normalized spacial score (nSPS) is 39.6. The Balaban J connectivity index is 2.52. The molecule has 0 aromatic rings. The second-order valence-electron chi connectivity index (χ2n) is 3.23. The average molecular weight is 163 g/mol. The second kappa shape index (κ2) is 2.74. The molecule has 4 heteroatoms. The molecule has 1 saturated heterocycles. The van der Waals surface area contributed by atoms with Gasteiger partial charge in [-0.1, -0.05) is 13.8 Å². The van der Waals surface area contributed by atoms with Crippen molar-refractivity contribution in [2.45, 2.75) is 20.1 Å². The van der Waals surface area contributed by atoms with Gasteiger partial charge in [-0.3, -0.25) is 0 Å². The van der Waals surface area contributed by atoms with Crippen LogP contribution in [0.3, 0.4) is 0 Å². The molecule has 0 bridgehead atoms. The van der Waals surface area contributed by atoms with Gasteiger partial charge in [-0.2, -0.15) is 0 Å². The number of nitrogens with two attached hydrogens (primary N) is 1. The van der Waals surface area contributed by atoms with E-state index in [1.807, 2.05) is 20.5 Å². The lowest BCUT2D eigenvalue weighted by Gasteiger charge is -2.37. The third-order valence-corrected chi connectivity index (χ3v) is 2.67. The molecular weight excluding hydrogens is 149 g/mol. The van der Waals surface area contributed by atoms with E-state index in [1.54, 1.807) is 0 Å². The van der Waals surface area contributed by atoms with E-state index in [1.165, 1.54) is 0 Å². The summed E-state index contributed by atoms with van der Waals surface area (Å²) in [6.45, 7) is 6.71. The number of hydrogen-bond acceptors (Lipinski definition) is 3. The van der Waals surface area contributed by atoms with Crippen LogP contribution in [0.25, 0.3) is 0 Å². The van der Waals surface area contributed by atoms with Gasteiger partial charge in [0.15, 0.2) is 8.38 Å². The maximum atomic E-state index is 5.72. The van der Waals surface area contributed by atoms with E-state index < -0.39 is 8.38 Å². The third-order valence-electron chi connectivity index (χ3n) is 1.65. The SMILES string of the molecule is CP1OCC(C)(C)C(N)O1. The first-order valence-corrected chi connectivity index (χ1v) is 4.94. The Hall–Kier alpha value is 0.310. The maximum Gasteiger partial charge on any atom is 0.168 e. The highest BCUT2D eigenvalue weighted by Crippen LogP contribution is 2.44. The summed E-state index contributed by atoms with van der Waals surface area (Å²) in [5.41, 5.74) is 5.68. The molecular formula is C6H14NO2P. The Morgan fingerprint density at radius 3 is 2.60 bits per heavy atom. The summed E-state index contributed by atoms with van der Waals surface area (Å²) in [6, 6.07) is 0. The van der Waals surface area contributed by atoms with Gasteiger partial charge < -0.3 is 14.8 Å². The predicted octanol–water partition coefficient (Wildman–Crippen LogP) is 1.29. The summed E-state index contributed by atoms with van der Waals surface area (Å²) in [7, 11) is -0.714. The molecule has 60 valence electrons. The van der Waals surface area contributed by atoms with Gasteiger partial charge in [0.2, 0.25) is 0 Å². The quantitative estimate of drug-likeness (QED) is 0.547. The summed E-state index contributed by atoms with van der Waals surface area (Å²) in [6.07, 6.45) is -0.169. The smallest absolute Gasteiger partial charge is 0.168 e. The van der Waals surface area contributed by atoms with E-state index >= 15 is 0 Å². The molecule has 1 aliphatic heterocycles. The van der Waals surface area contributed by atoms with Crippen LogP contribution in [0.1, 0.15) is 13.8 Å².